The summed E-state index contributed by atoms with van der Waals surface area (Å²) in [5, 5.41) is 11.3. The van der Waals surface area contributed by atoms with Gasteiger partial charge in [-0.25, -0.2) is 0 Å². The quantitative estimate of drug-likeness (QED) is 0.578. The summed E-state index contributed by atoms with van der Waals surface area (Å²) in [4.78, 5) is 10.9. The Morgan fingerprint density at radius 1 is 0.923 bits per heavy atom. The molecule has 7 nitrogen and oxygen atoms in total. The largest absolute Gasteiger partial charge is 0.493 e. The Bertz CT molecular complexity index is 890. The van der Waals surface area contributed by atoms with Crippen molar-refractivity contribution in [1.82, 2.24) is 0 Å². The summed E-state index contributed by atoms with van der Waals surface area (Å²) in [5.41, 5.74) is 2.48. The van der Waals surface area contributed by atoms with Gasteiger partial charge in [-0.05, 0) is 23.3 Å². The second-order valence-corrected chi connectivity index (χ2v) is 5.67. The lowest BCUT2D eigenvalue weighted by Gasteiger charge is -2.20. The third-order valence-electron chi connectivity index (χ3n) is 4.44. The first-order valence-electron chi connectivity index (χ1n) is 7.89. The molecule has 0 amide bonds. The van der Waals surface area contributed by atoms with Crippen LogP contribution in [-0.2, 0) is 0 Å². The smallest absolute Gasteiger partial charge is 0.311 e. The van der Waals surface area contributed by atoms with Gasteiger partial charge in [0.25, 0.3) is 0 Å². The highest BCUT2D eigenvalue weighted by Gasteiger charge is 2.30. The fourth-order valence-corrected chi connectivity index (χ4v) is 3.27. The number of hydrogen-bond donors (Lipinski definition) is 0. The molecule has 0 aromatic heterocycles. The molecule has 1 atom stereocenters. The molecular formula is C19H19NO6. The van der Waals surface area contributed by atoms with Gasteiger partial charge < -0.3 is 18.9 Å². The van der Waals surface area contributed by atoms with Crippen molar-refractivity contribution in [2.75, 3.05) is 28.4 Å². The van der Waals surface area contributed by atoms with E-state index in [0.717, 1.165) is 16.7 Å². The Morgan fingerprint density at radius 3 is 2.19 bits per heavy atom. The zero-order chi connectivity index (χ0) is 18.8. The lowest BCUT2D eigenvalue weighted by atomic mass is 9.91. The average molecular weight is 357 g/mol. The lowest BCUT2D eigenvalue weighted by Crippen LogP contribution is -2.04. The van der Waals surface area contributed by atoms with E-state index in [0.29, 0.717) is 17.2 Å². The molecule has 3 rings (SSSR count). The van der Waals surface area contributed by atoms with E-state index in [-0.39, 0.29) is 17.4 Å². The number of nitrogens with zero attached hydrogens (tertiary/aromatic N) is 1. The second-order valence-electron chi connectivity index (χ2n) is 5.67. The number of nitro groups is 1. The van der Waals surface area contributed by atoms with Gasteiger partial charge in [-0.1, -0.05) is 18.2 Å². The topological polar surface area (TPSA) is 80.1 Å². The number of fused-ring (bicyclic) bond motifs is 1. The summed E-state index contributed by atoms with van der Waals surface area (Å²) in [5.74, 6) is 1.62. The highest BCUT2D eigenvalue weighted by Crippen LogP contribution is 2.50. The Kier molecular flexibility index (Phi) is 4.71. The lowest BCUT2D eigenvalue weighted by molar-refractivity contribution is -0.385. The van der Waals surface area contributed by atoms with Crippen molar-refractivity contribution in [3.63, 3.8) is 0 Å². The standard InChI is InChI=1S/C19H19NO6/c1-23-15-8-6-11(9-14(15)20(21)22)13-7-5-12-10-16(24-2)18(25-3)19(26-4)17(12)13/h5-10,13H,1-4H3. The number of nitro benzene ring substituents is 1. The van der Waals surface area contributed by atoms with Crippen LogP contribution in [0.4, 0.5) is 5.69 Å². The normalized spacial score (nSPS) is 14.7. The summed E-state index contributed by atoms with van der Waals surface area (Å²) in [6, 6.07) is 6.81. The molecule has 2 aromatic rings. The zero-order valence-corrected chi connectivity index (χ0v) is 14.9. The van der Waals surface area contributed by atoms with Crippen LogP contribution in [0.15, 0.2) is 30.3 Å². The number of benzene rings is 2. The Balaban J connectivity index is 2.17. The van der Waals surface area contributed by atoms with E-state index >= 15 is 0 Å². The van der Waals surface area contributed by atoms with Crippen molar-refractivity contribution in [2.45, 2.75) is 5.92 Å². The van der Waals surface area contributed by atoms with Crippen molar-refractivity contribution >= 4 is 11.8 Å². The summed E-state index contributed by atoms with van der Waals surface area (Å²) < 4.78 is 21.5. The Hall–Kier alpha value is -3.22. The van der Waals surface area contributed by atoms with E-state index in [1.54, 1.807) is 27.4 Å². The van der Waals surface area contributed by atoms with Crippen LogP contribution < -0.4 is 18.9 Å². The van der Waals surface area contributed by atoms with Gasteiger partial charge in [0.2, 0.25) is 5.75 Å². The number of rotatable bonds is 6. The molecule has 0 radical (unpaired) electrons. The highest BCUT2D eigenvalue weighted by molar-refractivity contribution is 5.75. The number of methoxy groups -OCH3 is 4. The monoisotopic (exact) mass is 357 g/mol. The number of ether oxygens (including phenoxy) is 4. The van der Waals surface area contributed by atoms with Crippen molar-refractivity contribution in [3.8, 4) is 23.0 Å². The van der Waals surface area contributed by atoms with Crippen LogP contribution in [0.25, 0.3) is 6.08 Å². The predicted molar refractivity (Wildman–Crippen MR) is 96.6 cm³/mol. The average Bonchev–Trinajstić information content (AvgIpc) is 3.09. The van der Waals surface area contributed by atoms with Crippen LogP contribution >= 0.6 is 0 Å². The molecule has 0 saturated heterocycles. The first kappa shape index (κ1) is 17.6. The maximum atomic E-state index is 11.3. The molecule has 2 aromatic carbocycles. The second kappa shape index (κ2) is 6.95. The van der Waals surface area contributed by atoms with Gasteiger partial charge >= 0.3 is 5.69 Å². The minimum Gasteiger partial charge on any atom is -0.493 e. The molecule has 0 N–H and O–H groups in total. The van der Waals surface area contributed by atoms with E-state index < -0.39 is 4.92 Å². The highest BCUT2D eigenvalue weighted by atomic mass is 16.6. The van der Waals surface area contributed by atoms with E-state index in [9.17, 15) is 10.1 Å². The number of allylic oxidation sites excluding steroid dienone is 1. The molecule has 0 aliphatic heterocycles. The minimum atomic E-state index is -0.451. The first-order chi connectivity index (χ1) is 12.5. The van der Waals surface area contributed by atoms with Crippen LogP contribution in [0.3, 0.4) is 0 Å². The van der Waals surface area contributed by atoms with Crippen LogP contribution in [0.5, 0.6) is 23.0 Å². The molecule has 1 aliphatic rings. The molecule has 0 bridgehead atoms. The van der Waals surface area contributed by atoms with Crippen molar-refractivity contribution < 1.29 is 23.9 Å². The third-order valence-corrected chi connectivity index (χ3v) is 4.44. The van der Waals surface area contributed by atoms with Crippen molar-refractivity contribution in [2.24, 2.45) is 0 Å². The van der Waals surface area contributed by atoms with Crippen LogP contribution in [-0.4, -0.2) is 33.4 Å². The van der Waals surface area contributed by atoms with Gasteiger partial charge in [0.15, 0.2) is 17.2 Å². The molecular weight excluding hydrogens is 338 g/mol. The fourth-order valence-electron chi connectivity index (χ4n) is 3.27. The summed E-state index contributed by atoms with van der Waals surface area (Å²) in [6.45, 7) is 0. The van der Waals surface area contributed by atoms with Gasteiger partial charge in [-0.15, -0.1) is 0 Å². The van der Waals surface area contributed by atoms with Gasteiger partial charge in [-0.3, -0.25) is 10.1 Å². The third kappa shape index (κ3) is 2.71. The van der Waals surface area contributed by atoms with Crippen molar-refractivity contribution in [3.05, 3.63) is 57.1 Å². The maximum absolute atomic E-state index is 11.3. The minimum absolute atomic E-state index is 0.0775. The van der Waals surface area contributed by atoms with E-state index in [1.807, 2.05) is 24.3 Å². The molecule has 1 unspecified atom stereocenters. The molecule has 26 heavy (non-hydrogen) atoms. The summed E-state index contributed by atoms with van der Waals surface area (Å²) in [7, 11) is 6.07. The first-order valence-corrected chi connectivity index (χ1v) is 7.89. The van der Waals surface area contributed by atoms with Gasteiger partial charge in [-0.2, -0.15) is 0 Å². The predicted octanol–water partition coefficient (Wildman–Crippen LogP) is 3.79. The molecule has 0 heterocycles. The zero-order valence-electron chi connectivity index (χ0n) is 14.9. The van der Waals surface area contributed by atoms with Crippen LogP contribution in [0, 0.1) is 10.1 Å². The Labute approximate surface area is 150 Å². The molecule has 7 heteroatoms. The van der Waals surface area contributed by atoms with Gasteiger partial charge in [0.1, 0.15) is 0 Å². The van der Waals surface area contributed by atoms with E-state index in [4.69, 9.17) is 18.9 Å². The molecule has 0 saturated carbocycles. The summed E-state index contributed by atoms with van der Waals surface area (Å²) >= 11 is 0. The van der Waals surface area contributed by atoms with Crippen molar-refractivity contribution in [1.29, 1.82) is 0 Å². The van der Waals surface area contributed by atoms with Crippen LogP contribution in [0.1, 0.15) is 22.6 Å². The SMILES string of the molecule is COc1ccc(C2C=Cc3cc(OC)c(OC)c(OC)c32)cc1[N+](=O)[O-]. The van der Waals surface area contributed by atoms with E-state index in [1.165, 1.54) is 13.2 Å². The molecule has 0 fully saturated rings. The van der Waals surface area contributed by atoms with Crippen LogP contribution in [0.2, 0.25) is 0 Å². The Morgan fingerprint density at radius 2 is 1.62 bits per heavy atom. The molecule has 0 spiro atoms. The van der Waals surface area contributed by atoms with Gasteiger partial charge in [0.05, 0.1) is 33.4 Å². The number of hydrogen-bond acceptors (Lipinski definition) is 6. The summed E-state index contributed by atoms with van der Waals surface area (Å²) in [6.07, 6.45) is 3.91. The van der Waals surface area contributed by atoms with Gasteiger partial charge in [0, 0.05) is 17.5 Å². The van der Waals surface area contributed by atoms with E-state index in [2.05, 4.69) is 0 Å². The molecule has 136 valence electrons. The molecule has 1 aliphatic carbocycles. The maximum Gasteiger partial charge on any atom is 0.311 e. The fraction of sp³-hybridized carbons (Fsp3) is 0.263.